The first-order valence-corrected chi connectivity index (χ1v) is 12.9. The third kappa shape index (κ3) is 3.92. The molecule has 190 valence electrons. The molecule has 13 nitrogen and oxygen atoms in total. The number of benzene rings is 1. The van der Waals surface area contributed by atoms with Gasteiger partial charge in [0.2, 0.25) is 0 Å². The van der Waals surface area contributed by atoms with Gasteiger partial charge in [0.05, 0.1) is 25.6 Å². The zero-order valence-corrected chi connectivity index (χ0v) is 20.5. The van der Waals surface area contributed by atoms with Crippen LogP contribution >= 0.6 is 19.4 Å². The number of hydrogen-bond acceptors (Lipinski definition) is 12. The van der Waals surface area contributed by atoms with Crippen LogP contribution in [0, 0.1) is 0 Å². The largest absolute Gasteiger partial charge is 0.509 e. The number of phosphoric ester groups is 1. The van der Waals surface area contributed by atoms with Gasteiger partial charge in [-0.3, -0.25) is 18.1 Å². The molecule has 0 bridgehead atoms. The van der Waals surface area contributed by atoms with Crippen molar-refractivity contribution in [2.24, 2.45) is 0 Å². The van der Waals surface area contributed by atoms with Crippen LogP contribution in [0.1, 0.15) is 31.2 Å². The zero-order chi connectivity index (χ0) is 25.1. The lowest BCUT2D eigenvalue weighted by Gasteiger charge is -2.30. The molecule has 6 atom stereocenters. The highest BCUT2D eigenvalue weighted by molar-refractivity contribution is 7.48. The van der Waals surface area contributed by atoms with Crippen LogP contribution in [0.5, 0.6) is 0 Å². The molecule has 15 heteroatoms. The van der Waals surface area contributed by atoms with E-state index in [1.54, 1.807) is 29.7 Å². The maximum atomic E-state index is 13.3. The highest BCUT2D eigenvalue weighted by Crippen LogP contribution is 2.58. The van der Waals surface area contributed by atoms with Crippen molar-refractivity contribution < 1.29 is 37.1 Å². The van der Waals surface area contributed by atoms with E-state index in [4.69, 9.17) is 45.1 Å². The fourth-order valence-electron chi connectivity index (χ4n) is 4.68. The molecule has 0 spiro atoms. The van der Waals surface area contributed by atoms with Crippen LogP contribution in [0.25, 0.3) is 11.2 Å². The second-order valence-electron chi connectivity index (χ2n) is 8.70. The Morgan fingerprint density at radius 3 is 3.03 bits per heavy atom. The highest BCUT2D eigenvalue weighted by Gasteiger charge is 2.64. The molecule has 6 rings (SSSR count). The molecule has 3 saturated heterocycles. The monoisotopic (exact) mass is 537 g/mol. The summed E-state index contributed by atoms with van der Waals surface area (Å²) in [5.74, 6) is 0.192. The molecule has 3 aromatic rings. The molecule has 3 aliphatic heterocycles. The number of ether oxygens (including phenoxy) is 3. The molecule has 36 heavy (non-hydrogen) atoms. The predicted octanol–water partition coefficient (Wildman–Crippen LogP) is 3.56. The lowest BCUT2D eigenvalue weighted by Crippen LogP contribution is -2.42. The molecule has 3 fully saturated rings. The number of nitrogens with two attached hydrogens (primary N) is 1. The average Bonchev–Trinajstić information content (AvgIpc) is 3.48. The summed E-state index contributed by atoms with van der Waals surface area (Å²) in [5, 5.41) is 0.533. The van der Waals surface area contributed by atoms with E-state index in [9.17, 15) is 9.36 Å². The van der Waals surface area contributed by atoms with Crippen molar-refractivity contribution in [2.75, 3.05) is 18.9 Å². The first-order valence-electron chi connectivity index (χ1n) is 11.1. The fraction of sp³-hybridized carbons (Fsp3) is 0.429. The number of anilines is 1. The van der Waals surface area contributed by atoms with Gasteiger partial charge in [0.1, 0.15) is 17.9 Å². The summed E-state index contributed by atoms with van der Waals surface area (Å²) in [4.78, 5) is 24.5. The number of carbonyl (C=O) groups excluding carboxylic acids is 1. The van der Waals surface area contributed by atoms with Gasteiger partial charge in [0, 0.05) is 11.4 Å². The third-order valence-corrected chi connectivity index (χ3v) is 8.08. The van der Waals surface area contributed by atoms with Crippen molar-refractivity contribution in [3.8, 4) is 0 Å². The molecule has 0 aliphatic carbocycles. The van der Waals surface area contributed by atoms with Crippen molar-refractivity contribution in [2.45, 2.75) is 43.5 Å². The summed E-state index contributed by atoms with van der Waals surface area (Å²) < 4.78 is 48.7. The highest BCUT2D eigenvalue weighted by atomic mass is 35.5. The lowest BCUT2D eigenvalue weighted by molar-refractivity contribution is -0.0925. The van der Waals surface area contributed by atoms with Crippen molar-refractivity contribution in [3.05, 3.63) is 47.5 Å². The summed E-state index contributed by atoms with van der Waals surface area (Å²) in [6.45, 7) is 1.55. The van der Waals surface area contributed by atoms with Crippen LogP contribution < -0.4 is 5.73 Å². The number of imidazole rings is 1. The maximum Gasteiger partial charge on any atom is 0.509 e. The number of carbonyl (C=O) groups is 1. The molecule has 0 amide bonds. The molecule has 0 saturated carbocycles. The van der Waals surface area contributed by atoms with E-state index in [2.05, 4.69) is 15.0 Å². The summed E-state index contributed by atoms with van der Waals surface area (Å²) in [5.41, 5.74) is 6.15. The first kappa shape index (κ1) is 23.6. The molecule has 3 aliphatic rings. The van der Waals surface area contributed by atoms with E-state index in [-0.39, 0.29) is 19.0 Å². The lowest BCUT2D eigenvalue weighted by atomic mass is 9.96. The van der Waals surface area contributed by atoms with Crippen molar-refractivity contribution in [3.63, 3.8) is 0 Å². The van der Waals surface area contributed by atoms with Crippen LogP contribution in [0.2, 0.25) is 5.02 Å². The maximum absolute atomic E-state index is 13.3. The minimum atomic E-state index is -3.96. The predicted molar refractivity (Wildman–Crippen MR) is 123 cm³/mol. The number of aromatic nitrogens is 4. The van der Waals surface area contributed by atoms with Gasteiger partial charge in [-0.1, -0.05) is 23.7 Å². The molecular weight excluding hydrogens is 517 g/mol. The van der Waals surface area contributed by atoms with Gasteiger partial charge in [0.25, 0.3) is 0 Å². The first-order chi connectivity index (χ1) is 17.3. The van der Waals surface area contributed by atoms with Crippen LogP contribution in [-0.4, -0.2) is 56.7 Å². The van der Waals surface area contributed by atoms with Gasteiger partial charge in [0.15, 0.2) is 29.4 Å². The molecule has 1 aromatic carbocycles. The van der Waals surface area contributed by atoms with E-state index in [1.165, 1.54) is 12.7 Å². The van der Waals surface area contributed by atoms with Gasteiger partial charge < -0.3 is 19.9 Å². The van der Waals surface area contributed by atoms with Crippen molar-refractivity contribution in [1.82, 2.24) is 19.5 Å². The Morgan fingerprint density at radius 2 is 2.19 bits per heavy atom. The van der Waals surface area contributed by atoms with E-state index < -0.39 is 44.1 Å². The Hall–Kier alpha value is -2.80. The van der Waals surface area contributed by atoms with Gasteiger partial charge in [-0.2, -0.15) is 0 Å². The van der Waals surface area contributed by atoms with Crippen LogP contribution in [0.15, 0.2) is 36.9 Å². The van der Waals surface area contributed by atoms with Crippen LogP contribution in [0.3, 0.4) is 0 Å². The minimum Gasteiger partial charge on any atom is -0.424 e. The summed E-state index contributed by atoms with van der Waals surface area (Å²) in [6, 6.07) is 7.07. The molecule has 1 unspecified atom stereocenters. The van der Waals surface area contributed by atoms with Crippen molar-refractivity contribution >= 4 is 42.6 Å². The Balaban J connectivity index is 1.23. The number of phosphoric acid groups is 1. The summed E-state index contributed by atoms with van der Waals surface area (Å²) in [6.07, 6.45) is -0.807. The number of hydrogen-bond donors (Lipinski definition) is 1. The topological polar surface area (TPSA) is 159 Å². The van der Waals surface area contributed by atoms with Gasteiger partial charge >= 0.3 is 14.0 Å². The number of nitrogens with zero attached hydrogens (tertiary/aromatic N) is 4. The van der Waals surface area contributed by atoms with Crippen molar-refractivity contribution in [1.29, 1.82) is 0 Å². The summed E-state index contributed by atoms with van der Waals surface area (Å²) >= 11 is 6.08. The SMILES string of the molecule is C[C@@]12OC(=O)O[C@@H]1[C@@H](COP1(=O)OCC[C@@H](c3cccc(Cl)c3)O1)O[C@H]2n1cnc2c(N)ncnc21. The van der Waals surface area contributed by atoms with E-state index in [0.717, 1.165) is 5.56 Å². The number of nitrogen functional groups attached to an aromatic ring is 1. The Morgan fingerprint density at radius 1 is 1.33 bits per heavy atom. The average molecular weight is 538 g/mol. The van der Waals surface area contributed by atoms with Crippen LogP contribution in [0.4, 0.5) is 10.6 Å². The molecule has 5 heterocycles. The third-order valence-electron chi connectivity index (χ3n) is 6.37. The number of halogens is 1. The molecule has 2 aromatic heterocycles. The molecule has 2 N–H and O–H groups in total. The van der Waals surface area contributed by atoms with Gasteiger partial charge in [-0.25, -0.2) is 24.3 Å². The molecular formula is C21H21ClN5O8P. The minimum absolute atomic E-state index is 0.157. The second-order valence-corrected chi connectivity index (χ2v) is 10.8. The van der Waals surface area contributed by atoms with E-state index in [0.29, 0.717) is 22.6 Å². The van der Waals surface area contributed by atoms with Crippen LogP contribution in [-0.2, 0) is 32.3 Å². The Bertz CT molecular complexity index is 1390. The zero-order valence-electron chi connectivity index (χ0n) is 18.9. The Labute approximate surface area is 209 Å². The van der Waals surface area contributed by atoms with E-state index >= 15 is 0 Å². The van der Waals surface area contributed by atoms with Gasteiger partial charge in [-0.05, 0) is 24.6 Å². The summed E-state index contributed by atoms with van der Waals surface area (Å²) in [7, 11) is -3.96. The number of fused-ring (bicyclic) bond motifs is 2. The number of rotatable bonds is 5. The quantitative estimate of drug-likeness (QED) is 0.373. The molecule has 0 radical (unpaired) electrons. The Kier molecular flexibility index (Phi) is 5.67. The smallest absolute Gasteiger partial charge is 0.424 e. The van der Waals surface area contributed by atoms with E-state index in [1.807, 2.05) is 6.07 Å². The second kappa shape index (κ2) is 8.65. The normalized spacial score (nSPS) is 33.9. The standard InChI is InChI=1S/C21H21ClN5O8P/c1-21-16(33-20(28)34-21)14(32-19(21)27-10-26-15-17(23)24-9-25-18(15)27)8-31-36(29)30-6-5-13(35-36)11-3-2-4-12(22)7-11/h2-4,7,9-10,13-14,16,19H,5-6,8H2,1H3,(H2,23,24,25)/t13-,14+,16+,19+,21+,36?/m0/s1. The fourth-order valence-corrected chi connectivity index (χ4v) is 6.27. The van der Waals surface area contributed by atoms with Gasteiger partial charge in [-0.15, -0.1) is 0 Å².